The Morgan fingerprint density at radius 2 is 1.74 bits per heavy atom. The predicted octanol–water partition coefficient (Wildman–Crippen LogP) is -1.71. The number of aliphatic hydroxyl groups is 3. The molecule has 0 bridgehead atoms. The van der Waals surface area contributed by atoms with E-state index in [4.69, 9.17) is 19.4 Å². The fraction of sp³-hybridized carbons (Fsp3) is 0.600. The Kier molecular flexibility index (Phi) is 6.90. The zero-order valence-corrected chi connectivity index (χ0v) is 17.6. The molecule has 21 heteroatoms. The molecule has 0 spiro atoms. The van der Waals surface area contributed by atoms with Crippen LogP contribution in [0.3, 0.4) is 0 Å². The van der Waals surface area contributed by atoms with E-state index in [9.17, 15) is 33.9 Å². The molecular formula is C10H17N4O14P3. The number of hydrogen-bond donors (Lipinski definition) is 8. The summed E-state index contributed by atoms with van der Waals surface area (Å²) in [4.78, 5) is 43.1. The van der Waals surface area contributed by atoms with Gasteiger partial charge in [0, 0.05) is 0 Å². The first-order valence-electron chi connectivity index (χ1n) is 8.02. The molecule has 2 aliphatic rings. The van der Waals surface area contributed by atoms with Gasteiger partial charge < -0.3 is 44.9 Å². The van der Waals surface area contributed by atoms with Crippen LogP contribution >= 0.6 is 23.5 Å². The van der Waals surface area contributed by atoms with Crippen molar-refractivity contribution < 1.29 is 66.5 Å². The van der Waals surface area contributed by atoms with Crippen molar-refractivity contribution in [3.63, 3.8) is 0 Å². The normalized spacial score (nSPS) is 32.2. The van der Waals surface area contributed by atoms with Crippen molar-refractivity contribution in [1.82, 2.24) is 9.55 Å². The lowest BCUT2D eigenvalue weighted by atomic mass is 10.1. The van der Waals surface area contributed by atoms with Crippen LogP contribution in [-0.2, 0) is 31.6 Å². The molecule has 1 aromatic rings. The maximum Gasteiger partial charge on any atom is 0.490 e. The van der Waals surface area contributed by atoms with Gasteiger partial charge in [0.25, 0.3) is 0 Å². The van der Waals surface area contributed by atoms with Crippen LogP contribution in [0.25, 0.3) is 0 Å². The summed E-state index contributed by atoms with van der Waals surface area (Å²) in [6, 6.07) is 0. The molecule has 0 aromatic carbocycles. The van der Waals surface area contributed by atoms with E-state index >= 15 is 0 Å². The fourth-order valence-electron chi connectivity index (χ4n) is 2.71. The number of anilines is 1. The molecule has 7 atom stereocenters. The molecule has 0 aliphatic carbocycles. The number of nitrogens with one attached hydrogen (secondary N) is 1. The molecule has 1 fully saturated rings. The number of rotatable bonds is 8. The lowest BCUT2D eigenvalue weighted by molar-refractivity contribution is -0.0511. The molecule has 31 heavy (non-hydrogen) atoms. The van der Waals surface area contributed by atoms with Gasteiger partial charge >= 0.3 is 23.5 Å². The van der Waals surface area contributed by atoms with Gasteiger partial charge in [-0.05, 0) is 0 Å². The molecule has 0 radical (unpaired) electrons. The molecule has 18 nitrogen and oxygen atoms in total. The van der Waals surface area contributed by atoms with Crippen molar-refractivity contribution in [2.75, 3.05) is 11.9 Å². The lowest BCUT2D eigenvalue weighted by Gasteiger charge is -2.21. The van der Waals surface area contributed by atoms with Crippen LogP contribution in [0, 0.1) is 0 Å². The summed E-state index contributed by atoms with van der Waals surface area (Å²) < 4.78 is 51.8. The zero-order valence-electron chi connectivity index (χ0n) is 14.9. The van der Waals surface area contributed by atoms with Crippen LogP contribution in [0.5, 0.6) is 0 Å². The van der Waals surface area contributed by atoms with Gasteiger partial charge in [-0.3, -0.25) is 9.09 Å². The zero-order chi connectivity index (χ0) is 23.2. The minimum absolute atomic E-state index is 0.101. The average Bonchev–Trinajstić information content (AvgIpc) is 3.13. The van der Waals surface area contributed by atoms with Crippen LogP contribution in [-0.4, -0.2) is 75.7 Å². The second-order valence-corrected chi connectivity index (χ2v) is 10.5. The SMILES string of the molecule is O=P(O)(O)OP(=O)(O)OP(=O)(O)OC[C@@H]1O[C@H](n2cnc3c2NC=N[C@@H]3O)[C@H](O)[C@@H]1O. The summed E-state index contributed by atoms with van der Waals surface area (Å²) in [6.45, 7) is -0.965. The minimum atomic E-state index is -5.71. The van der Waals surface area contributed by atoms with Gasteiger partial charge in [0.1, 0.15) is 29.8 Å². The van der Waals surface area contributed by atoms with Gasteiger partial charge in [-0.1, -0.05) is 0 Å². The third-order valence-corrected chi connectivity index (χ3v) is 7.72. The number of imidazole rings is 1. The van der Waals surface area contributed by atoms with Gasteiger partial charge in [0.2, 0.25) is 0 Å². The lowest BCUT2D eigenvalue weighted by Crippen LogP contribution is -2.33. The molecule has 1 aromatic heterocycles. The molecular weight excluding hydrogens is 493 g/mol. The van der Waals surface area contributed by atoms with Gasteiger partial charge in [-0.25, -0.2) is 23.7 Å². The maximum absolute atomic E-state index is 11.8. The first-order valence-corrected chi connectivity index (χ1v) is 12.5. The third-order valence-electron chi connectivity index (χ3n) is 3.91. The van der Waals surface area contributed by atoms with Crippen LogP contribution in [0.1, 0.15) is 18.1 Å². The number of fused-ring (bicyclic) bond motifs is 1. The van der Waals surface area contributed by atoms with Crippen LogP contribution in [0.4, 0.5) is 5.82 Å². The van der Waals surface area contributed by atoms with Crippen molar-refractivity contribution in [3.8, 4) is 0 Å². The van der Waals surface area contributed by atoms with E-state index in [0.717, 1.165) is 6.34 Å². The molecule has 176 valence electrons. The minimum Gasteiger partial charge on any atom is -0.387 e. The summed E-state index contributed by atoms with van der Waals surface area (Å²) in [6.07, 6.45) is -5.00. The quantitative estimate of drug-likeness (QED) is 0.181. The van der Waals surface area contributed by atoms with E-state index in [1.165, 1.54) is 10.9 Å². The van der Waals surface area contributed by atoms with Crippen LogP contribution in [0.2, 0.25) is 0 Å². The summed E-state index contributed by atoms with van der Waals surface area (Å²) in [5.74, 6) is 0.187. The third kappa shape index (κ3) is 5.84. The number of nitrogens with zero attached hydrogens (tertiary/aromatic N) is 3. The highest BCUT2D eigenvalue weighted by molar-refractivity contribution is 7.66. The number of hydrogen-bond acceptors (Lipinski definition) is 13. The largest absolute Gasteiger partial charge is 0.490 e. The standard InChI is InChI=1S/C10H17N4O14P3/c15-6-4(1-25-30(21,22)28-31(23,24)27-29(18,19)20)26-10(7(6)16)14-3-13-5-8(14)11-2-12-9(5)17/h2-4,6-7,9-10,15-17H,1H2,(H,11,12)(H,21,22)(H,23,24)(H2,18,19,20)/t4-,6+,7+,9+,10-/m0/s1. The van der Waals surface area contributed by atoms with Crippen molar-refractivity contribution in [2.45, 2.75) is 30.8 Å². The average molecular weight is 510 g/mol. The fourth-order valence-corrected chi connectivity index (χ4v) is 5.74. The van der Waals surface area contributed by atoms with E-state index in [1.54, 1.807) is 0 Å². The molecule has 0 saturated carbocycles. The molecule has 0 amide bonds. The second kappa shape index (κ2) is 8.70. The predicted molar refractivity (Wildman–Crippen MR) is 95.0 cm³/mol. The van der Waals surface area contributed by atoms with Gasteiger partial charge in [0.15, 0.2) is 12.5 Å². The maximum atomic E-state index is 11.8. The van der Waals surface area contributed by atoms with Crippen molar-refractivity contribution in [1.29, 1.82) is 0 Å². The molecule has 2 unspecified atom stereocenters. The second-order valence-electron chi connectivity index (χ2n) is 6.11. The van der Waals surface area contributed by atoms with Gasteiger partial charge in [-0.15, -0.1) is 0 Å². The summed E-state index contributed by atoms with van der Waals surface area (Å²) in [7, 11) is -16.7. The summed E-state index contributed by atoms with van der Waals surface area (Å²) in [5, 5.41) is 32.8. The Morgan fingerprint density at radius 1 is 1.06 bits per heavy atom. The van der Waals surface area contributed by atoms with Crippen molar-refractivity contribution in [2.24, 2.45) is 4.99 Å². The Hall–Kier alpha value is -1.07. The topological polar surface area (TPSA) is 272 Å². The molecule has 2 aliphatic heterocycles. The molecule has 3 rings (SSSR count). The molecule has 1 saturated heterocycles. The van der Waals surface area contributed by atoms with Crippen molar-refractivity contribution >= 4 is 35.6 Å². The van der Waals surface area contributed by atoms with Gasteiger partial charge in [-0.2, -0.15) is 8.62 Å². The van der Waals surface area contributed by atoms with E-state index in [0.29, 0.717) is 0 Å². The van der Waals surface area contributed by atoms with Gasteiger partial charge in [0.05, 0.1) is 19.3 Å². The van der Waals surface area contributed by atoms with E-state index in [-0.39, 0.29) is 11.5 Å². The molecule has 3 heterocycles. The Balaban J connectivity index is 1.66. The first-order chi connectivity index (χ1) is 14.2. The highest BCUT2D eigenvalue weighted by Gasteiger charge is 2.47. The molecule has 8 N–H and O–H groups in total. The number of phosphoric acid groups is 3. The van der Waals surface area contributed by atoms with E-state index in [2.05, 4.69) is 28.4 Å². The number of aliphatic hydroxyl groups excluding tert-OH is 3. The Bertz CT molecular complexity index is 993. The van der Waals surface area contributed by atoms with Crippen molar-refractivity contribution in [3.05, 3.63) is 12.0 Å². The monoisotopic (exact) mass is 510 g/mol. The number of ether oxygens (including phenoxy) is 1. The highest BCUT2D eigenvalue weighted by atomic mass is 31.3. The summed E-state index contributed by atoms with van der Waals surface area (Å²) >= 11 is 0. The Labute approximate surface area is 172 Å². The van der Waals surface area contributed by atoms with Crippen LogP contribution < -0.4 is 5.32 Å². The van der Waals surface area contributed by atoms with E-state index < -0.39 is 60.8 Å². The summed E-state index contributed by atoms with van der Waals surface area (Å²) in [5.41, 5.74) is 0.101. The van der Waals surface area contributed by atoms with Crippen LogP contribution in [0.15, 0.2) is 11.3 Å². The smallest absolute Gasteiger partial charge is 0.387 e. The number of phosphoric ester groups is 1. The Morgan fingerprint density at radius 3 is 2.39 bits per heavy atom. The highest BCUT2D eigenvalue weighted by Crippen LogP contribution is 2.66. The number of aliphatic imine (C=N–C) groups is 1. The van der Waals surface area contributed by atoms with E-state index in [1.807, 2.05) is 0 Å². The first kappa shape index (κ1) is 24.6. The number of aromatic nitrogens is 2.